The lowest BCUT2D eigenvalue weighted by Crippen LogP contribution is -1.83. The largest absolute Gasteiger partial charge is 0.298 e. The van der Waals surface area contributed by atoms with Crippen LogP contribution in [0.1, 0.15) is 16.1 Å². The highest BCUT2D eigenvalue weighted by Crippen LogP contribution is 2.13. The first-order valence-electron chi connectivity index (χ1n) is 3.54. The van der Waals surface area contributed by atoms with E-state index in [1.807, 2.05) is 6.07 Å². The number of pyridine rings is 1. The van der Waals surface area contributed by atoms with Gasteiger partial charge in [-0.25, -0.2) is 4.98 Å². The molecule has 0 amide bonds. The molecule has 0 aliphatic heterocycles. The molecule has 13 heavy (non-hydrogen) atoms. The SMILES string of the molecule is N#Cc1[nH]nc2ncc(C=O)cc12. The predicted molar refractivity (Wildman–Crippen MR) is 44.0 cm³/mol. The molecule has 0 aliphatic rings. The number of hydrogen-bond donors (Lipinski definition) is 1. The Morgan fingerprint density at radius 1 is 1.62 bits per heavy atom. The number of nitrogens with zero attached hydrogens (tertiary/aromatic N) is 3. The number of carbonyl (C=O) groups is 1. The summed E-state index contributed by atoms with van der Waals surface area (Å²) in [5.74, 6) is 0. The van der Waals surface area contributed by atoms with Gasteiger partial charge in [-0.15, -0.1) is 0 Å². The molecule has 2 heterocycles. The molecule has 0 aliphatic carbocycles. The number of aromatic nitrogens is 3. The third-order valence-corrected chi connectivity index (χ3v) is 1.68. The van der Waals surface area contributed by atoms with Crippen molar-refractivity contribution in [3.8, 4) is 6.07 Å². The molecule has 0 unspecified atom stereocenters. The van der Waals surface area contributed by atoms with Crippen molar-refractivity contribution in [3.63, 3.8) is 0 Å². The number of carbonyl (C=O) groups excluding carboxylic acids is 1. The first-order chi connectivity index (χ1) is 6.35. The number of aromatic amines is 1. The van der Waals surface area contributed by atoms with E-state index < -0.39 is 0 Å². The highest BCUT2D eigenvalue weighted by Gasteiger charge is 2.05. The van der Waals surface area contributed by atoms with E-state index in [0.29, 0.717) is 28.6 Å². The van der Waals surface area contributed by atoms with Crippen LogP contribution in [0.5, 0.6) is 0 Å². The van der Waals surface area contributed by atoms with Crippen molar-refractivity contribution in [1.82, 2.24) is 15.2 Å². The number of nitrogens with one attached hydrogen (secondary N) is 1. The molecule has 62 valence electrons. The van der Waals surface area contributed by atoms with Crippen LogP contribution in [0.2, 0.25) is 0 Å². The van der Waals surface area contributed by atoms with Crippen molar-refractivity contribution in [2.75, 3.05) is 0 Å². The smallest absolute Gasteiger partial charge is 0.182 e. The van der Waals surface area contributed by atoms with E-state index in [1.165, 1.54) is 6.20 Å². The first kappa shape index (κ1) is 7.43. The highest BCUT2D eigenvalue weighted by atomic mass is 16.1. The molecule has 0 saturated carbocycles. The minimum Gasteiger partial charge on any atom is -0.298 e. The van der Waals surface area contributed by atoms with Gasteiger partial charge in [0.15, 0.2) is 11.9 Å². The Kier molecular flexibility index (Phi) is 1.53. The van der Waals surface area contributed by atoms with Gasteiger partial charge in [-0.2, -0.15) is 10.4 Å². The summed E-state index contributed by atoms with van der Waals surface area (Å²) in [6.45, 7) is 0. The van der Waals surface area contributed by atoms with E-state index in [9.17, 15) is 4.79 Å². The van der Waals surface area contributed by atoms with Crippen LogP contribution in [0.25, 0.3) is 11.0 Å². The van der Waals surface area contributed by atoms with Crippen molar-refractivity contribution < 1.29 is 4.79 Å². The molecule has 0 radical (unpaired) electrons. The Labute approximate surface area is 73.0 Å². The Bertz CT molecular complexity index is 508. The average Bonchev–Trinajstić information content (AvgIpc) is 2.59. The van der Waals surface area contributed by atoms with Gasteiger partial charge in [0.25, 0.3) is 0 Å². The fourth-order valence-electron chi connectivity index (χ4n) is 1.07. The standard InChI is InChI=1S/C8H4N4O/c9-2-7-6-1-5(4-13)3-10-8(6)12-11-7/h1,3-4H,(H,10,11,12). The Balaban J connectivity index is 2.80. The maximum Gasteiger partial charge on any atom is 0.182 e. The maximum atomic E-state index is 10.4. The summed E-state index contributed by atoms with van der Waals surface area (Å²) in [6.07, 6.45) is 2.10. The number of H-pyrrole nitrogens is 1. The van der Waals surface area contributed by atoms with Gasteiger partial charge in [-0.1, -0.05) is 0 Å². The lowest BCUT2D eigenvalue weighted by atomic mass is 10.2. The molecular weight excluding hydrogens is 168 g/mol. The molecule has 2 aromatic rings. The van der Waals surface area contributed by atoms with E-state index in [-0.39, 0.29) is 0 Å². The van der Waals surface area contributed by atoms with Gasteiger partial charge in [0.05, 0.1) is 5.39 Å². The second-order valence-corrected chi connectivity index (χ2v) is 2.47. The molecule has 0 saturated heterocycles. The van der Waals surface area contributed by atoms with Crippen LogP contribution in [0, 0.1) is 11.3 Å². The normalized spacial score (nSPS) is 9.77. The summed E-state index contributed by atoms with van der Waals surface area (Å²) >= 11 is 0. The predicted octanol–water partition coefficient (Wildman–Crippen LogP) is 0.642. The van der Waals surface area contributed by atoms with Gasteiger partial charge < -0.3 is 0 Å². The Hall–Kier alpha value is -2.22. The monoisotopic (exact) mass is 172 g/mol. The number of fused-ring (bicyclic) bond motifs is 1. The van der Waals surface area contributed by atoms with Crippen molar-refractivity contribution in [2.45, 2.75) is 0 Å². The topological polar surface area (TPSA) is 82.4 Å². The Morgan fingerprint density at radius 3 is 3.15 bits per heavy atom. The fraction of sp³-hybridized carbons (Fsp3) is 0. The van der Waals surface area contributed by atoms with E-state index >= 15 is 0 Å². The molecule has 2 aromatic heterocycles. The second-order valence-electron chi connectivity index (χ2n) is 2.47. The summed E-state index contributed by atoms with van der Waals surface area (Å²) in [6, 6.07) is 3.51. The van der Waals surface area contributed by atoms with Gasteiger partial charge in [0.2, 0.25) is 0 Å². The Morgan fingerprint density at radius 2 is 2.46 bits per heavy atom. The van der Waals surface area contributed by atoms with E-state index in [1.54, 1.807) is 6.07 Å². The van der Waals surface area contributed by atoms with E-state index in [0.717, 1.165) is 0 Å². The summed E-state index contributed by atoms with van der Waals surface area (Å²) < 4.78 is 0. The maximum absolute atomic E-state index is 10.4. The van der Waals surface area contributed by atoms with Gasteiger partial charge in [0, 0.05) is 11.8 Å². The van der Waals surface area contributed by atoms with Crippen molar-refractivity contribution in [1.29, 1.82) is 5.26 Å². The average molecular weight is 172 g/mol. The third kappa shape index (κ3) is 1.05. The first-order valence-corrected chi connectivity index (χ1v) is 3.54. The second kappa shape index (κ2) is 2.68. The summed E-state index contributed by atoms with van der Waals surface area (Å²) in [5.41, 5.74) is 1.21. The van der Waals surface area contributed by atoms with Crippen molar-refractivity contribution >= 4 is 17.3 Å². The third-order valence-electron chi connectivity index (χ3n) is 1.68. The van der Waals surface area contributed by atoms with Crippen LogP contribution in [0.15, 0.2) is 12.3 Å². The van der Waals surface area contributed by atoms with Crippen LogP contribution in [0.4, 0.5) is 0 Å². The quantitative estimate of drug-likeness (QED) is 0.640. The lowest BCUT2D eigenvalue weighted by molar-refractivity contribution is 0.112. The van der Waals surface area contributed by atoms with Gasteiger partial charge >= 0.3 is 0 Å². The molecule has 0 fully saturated rings. The molecule has 2 rings (SSSR count). The summed E-state index contributed by atoms with van der Waals surface area (Å²) in [5, 5.41) is 15.5. The fourth-order valence-corrected chi connectivity index (χ4v) is 1.07. The minimum absolute atomic E-state index is 0.325. The van der Waals surface area contributed by atoms with Crippen LogP contribution in [-0.4, -0.2) is 21.5 Å². The molecule has 5 nitrogen and oxygen atoms in total. The van der Waals surface area contributed by atoms with Crippen molar-refractivity contribution in [3.05, 3.63) is 23.5 Å². The van der Waals surface area contributed by atoms with Crippen LogP contribution >= 0.6 is 0 Å². The molecule has 0 bridgehead atoms. The molecule has 0 atom stereocenters. The molecular formula is C8H4N4O. The van der Waals surface area contributed by atoms with Crippen LogP contribution in [-0.2, 0) is 0 Å². The number of rotatable bonds is 1. The van der Waals surface area contributed by atoms with Gasteiger partial charge in [-0.3, -0.25) is 9.89 Å². The van der Waals surface area contributed by atoms with E-state index in [2.05, 4.69) is 15.2 Å². The zero-order chi connectivity index (χ0) is 9.26. The van der Waals surface area contributed by atoms with Crippen LogP contribution in [0.3, 0.4) is 0 Å². The zero-order valence-electron chi connectivity index (χ0n) is 6.48. The van der Waals surface area contributed by atoms with Gasteiger partial charge in [-0.05, 0) is 6.07 Å². The van der Waals surface area contributed by atoms with Crippen molar-refractivity contribution in [2.24, 2.45) is 0 Å². The number of aldehydes is 1. The minimum atomic E-state index is 0.325. The van der Waals surface area contributed by atoms with Crippen LogP contribution < -0.4 is 0 Å². The lowest BCUT2D eigenvalue weighted by Gasteiger charge is -1.88. The summed E-state index contributed by atoms with van der Waals surface area (Å²) in [7, 11) is 0. The van der Waals surface area contributed by atoms with Gasteiger partial charge in [0.1, 0.15) is 11.8 Å². The molecule has 0 spiro atoms. The zero-order valence-corrected chi connectivity index (χ0v) is 6.48. The number of hydrogen-bond acceptors (Lipinski definition) is 4. The van der Waals surface area contributed by atoms with E-state index in [4.69, 9.17) is 5.26 Å². The molecule has 5 heteroatoms. The molecule has 0 aromatic carbocycles. The summed E-state index contributed by atoms with van der Waals surface area (Å²) in [4.78, 5) is 14.3. The molecule has 1 N–H and O–H groups in total. The number of nitriles is 1. The highest BCUT2D eigenvalue weighted by molar-refractivity contribution is 5.86.